The molecule has 2 unspecified atom stereocenters. The van der Waals surface area contributed by atoms with Gasteiger partial charge in [0.15, 0.2) is 12.6 Å². The molecule has 4 rings (SSSR count). The predicted molar refractivity (Wildman–Crippen MR) is 64.3 cm³/mol. The number of rotatable bonds is 2. The molecule has 5 heteroatoms. The zero-order valence-electron chi connectivity index (χ0n) is 10.6. The molecular formula is C14H16O5. The number of fused-ring (bicyclic) bond motifs is 3. The third-order valence-electron chi connectivity index (χ3n) is 3.83. The van der Waals surface area contributed by atoms with Gasteiger partial charge in [-0.1, -0.05) is 30.3 Å². The maximum atomic E-state index is 6.00. The Morgan fingerprint density at radius 3 is 2.63 bits per heavy atom. The van der Waals surface area contributed by atoms with Crippen molar-refractivity contribution in [3.8, 4) is 0 Å². The van der Waals surface area contributed by atoms with Crippen molar-refractivity contribution in [2.45, 2.75) is 37.0 Å². The third kappa shape index (κ3) is 1.98. The van der Waals surface area contributed by atoms with Crippen LogP contribution in [-0.2, 0) is 23.7 Å². The molecule has 3 aliphatic heterocycles. The van der Waals surface area contributed by atoms with Crippen molar-refractivity contribution in [2.24, 2.45) is 0 Å². The second-order valence-corrected chi connectivity index (χ2v) is 5.02. The number of ether oxygens (including phenoxy) is 5. The van der Waals surface area contributed by atoms with E-state index in [0.717, 1.165) is 5.56 Å². The summed E-state index contributed by atoms with van der Waals surface area (Å²) in [5.41, 5.74) is 1.02. The third-order valence-corrected chi connectivity index (χ3v) is 3.83. The van der Waals surface area contributed by atoms with E-state index >= 15 is 0 Å². The first-order valence-corrected chi connectivity index (χ1v) is 6.52. The summed E-state index contributed by atoms with van der Waals surface area (Å²) in [6.07, 6.45) is -0.759. The SMILES string of the molecule is COC1O[C@@H]2COC(c3ccccc3)O[C@H]2[C@@H]2O[C@H]12. The fraction of sp³-hybridized carbons (Fsp3) is 0.571. The average Bonchev–Trinajstić information content (AvgIpc) is 3.27. The summed E-state index contributed by atoms with van der Waals surface area (Å²) in [6.45, 7) is 0.497. The molecule has 0 spiro atoms. The molecule has 5 nitrogen and oxygen atoms in total. The Morgan fingerprint density at radius 2 is 1.84 bits per heavy atom. The molecule has 0 N–H and O–H groups in total. The number of hydrogen-bond acceptors (Lipinski definition) is 5. The van der Waals surface area contributed by atoms with E-state index in [4.69, 9.17) is 23.7 Å². The van der Waals surface area contributed by atoms with Crippen LogP contribution < -0.4 is 0 Å². The summed E-state index contributed by atoms with van der Waals surface area (Å²) in [6, 6.07) is 9.92. The lowest BCUT2D eigenvalue weighted by Gasteiger charge is -2.39. The van der Waals surface area contributed by atoms with Crippen LogP contribution >= 0.6 is 0 Å². The van der Waals surface area contributed by atoms with Crippen molar-refractivity contribution in [1.82, 2.24) is 0 Å². The monoisotopic (exact) mass is 264 g/mol. The summed E-state index contributed by atoms with van der Waals surface area (Å²) in [7, 11) is 1.63. The van der Waals surface area contributed by atoms with E-state index in [0.29, 0.717) is 6.61 Å². The van der Waals surface area contributed by atoms with Gasteiger partial charge >= 0.3 is 0 Å². The Kier molecular flexibility index (Phi) is 2.82. The Balaban J connectivity index is 1.50. The molecule has 1 aromatic rings. The van der Waals surface area contributed by atoms with Crippen LogP contribution in [0, 0.1) is 0 Å². The number of hydrogen-bond donors (Lipinski definition) is 0. The number of benzene rings is 1. The maximum Gasteiger partial charge on any atom is 0.186 e. The second kappa shape index (κ2) is 4.54. The minimum atomic E-state index is -0.338. The van der Waals surface area contributed by atoms with Gasteiger partial charge in [0, 0.05) is 12.7 Å². The van der Waals surface area contributed by atoms with Crippen LogP contribution in [-0.4, -0.2) is 44.4 Å². The van der Waals surface area contributed by atoms with Crippen LogP contribution in [0.5, 0.6) is 0 Å². The summed E-state index contributed by atoms with van der Waals surface area (Å²) < 4.78 is 28.4. The summed E-state index contributed by atoms with van der Waals surface area (Å²) in [5, 5.41) is 0. The molecule has 0 radical (unpaired) electrons. The normalized spacial score (nSPS) is 44.3. The van der Waals surface area contributed by atoms with Crippen molar-refractivity contribution in [1.29, 1.82) is 0 Å². The minimum Gasteiger partial charge on any atom is -0.361 e. The summed E-state index contributed by atoms with van der Waals surface area (Å²) >= 11 is 0. The lowest BCUT2D eigenvalue weighted by Crippen LogP contribution is -2.52. The van der Waals surface area contributed by atoms with Gasteiger partial charge in [-0.25, -0.2) is 0 Å². The zero-order chi connectivity index (χ0) is 12.8. The Bertz CT molecular complexity index is 450. The van der Waals surface area contributed by atoms with E-state index in [9.17, 15) is 0 Å². The first-order chi connectivity index (χ1) is 9.36. The van der Waals surface area contributed by atoms with Crippen LogP contribution in [0.2, 0.25) is 0 Å². The van der Waals surface area contributed by atoms with Gasteiger partial charge < -0.3 is 23.7 Å². The molecule has 3 heterocycles. The minimum absolute atomic E-state index is 0.000716. The van der Waals surface area contributed by atoms with Crippen molar-refractivity contribution in [2.75, 3.05) is 13.7 Å². The molecule has 102 valence electrons. The van der Waals surface area contributed by atoms with Gasteiger partial charge in [0.25, 0.3) is 0 Å². The molecule has 0 amide bonds. The van der Waals surface area contributed by atoms with E-state index in [1.807, 2.05) is 30.3 Å². The van der Waals surface area contributed by atoms with Gasteiger partial charge in [-0.05, 0) is 0 Å². The average molecular weight is 264 g/mol. The Morgan fingerprint density at radius 1 is 1.00 bits per heavy atom. The molecule has 6 atom stereocenters. The van der Waals surface area contributed by atoms with Crippen LogP contribution in [0.1, 0.15) is 11.9 Å². The zero-order valence-corrected chi connectivity index (χ0v) is 10.6. The lowest BCUT2D eigenvalue weighted by atomic mass is 10.0. The first kappa shape index (κ1) is 11.8. The van der Waals surface area contributed by atoms with Crippen molar-refractivity contribution in [3.63, 3.8) is 0 Å². The summed E-state index contributed by atoms with van der Waals surface area (Å²) in [5.74, 6) is 0. The van der Waals surface area contributed by atoms with Crippen LogP contribution in [0.3, 0.4) is 0 Å². The topological polar surface area (TPSA) is 49.5 Å². The van der Waals surface area contributed by atoms with Gasteiger partial charge in [-0.15, -0.1) is 0 Å². The highest BCUT2D eigenvalue weighted by molar-refractivity contribution is 5.17. The first-order valence-electron chi connectivity index (χ1n) is 6.52. The van der Waals surface area contributed by atoms with Gasteiger partial charge in [0.05, 0.1) is 6.61 Å². The molecule has 0 aromatic heterocycles. The van der Waals surface area contributed by atoms with Gasteiger partial charge in [-0.2, -0.15) is 0 Å². The van der Waals surface area contributed by atoms with Crippen LogP contribution in [0.15, 0.2) is 30.3 Å². The fourth-order valence-corrected chi connectivity index (χ4v) is 2.80. The summed E-state index contributed by atoms with van der Waals surface area (Å²) in [4.78, 5) is 0. The van der Waals surface area contributed by atoms with Gasteiger partial charge in [-0.3, -0.25) is 0 Å². The van der Waals surface area contributed by atoms with Gasteiger partial charge in [0.2, 0.25) is 0 Å². The second-order valence-electron chi connectivity index (χ2n) is 5.02. The predicted octanol–water partition coefficient (Wildman–Crippen LogP) is 1.24. The Hall–Kier alpha value is -0.980. The fourth-order valence-electron chi connectivity index (χ4n) is 2.80. The molecule has 3 fully saturated rings. The van der Waals surface area contributed by atoms with E-state index in [-0.39, 0.29) is 37.0 Å². The van der Waals surface area contributed by atoms with E-state index in [1.165, 1.54) is 0 Å². The molecule has 0 saturated carbocycles. The molecule has 3 aliphatic rings. The van der Waals surface area contributed by atoms with Crippen molar-refractivity contribution < 1.29 is 23.7 Å². The molecular weight excluding hydrogens is 248 g/mol. The largest absolute Gasteiger partial charge is 0.361 e. The Labute approximate surface area is 111 Å². The smallest absolute Gasteiger partial charge is 0.186 e. The van der Waals surface area contributed by atoms with Crippen molar-refractivity contribution >= 4 is 0 Å². The number of epoxide rings is 1. The van der Waals surface area contributed by atoms with Crippen LogP contribution in [0.4, 0.5) is 0 Å². The molecule has 1 aromatic carbocycles. The molecule has 0 bridgehead atoms. The highest BCUT2D eigenvalue weighted by Gasteiger charge is 2.60. The van der Waals surface area contributed by atoms with Crippen molar-refractivity contribution in [3.05, 3.63) is 35.9 Å². The quantitative estimate of drug-likeness (QED) is 0.752. The van der Waals surface area contributed by atoms with E-state index in [1.54, 1.807) is 7.11 Å². The van der Waals surface area contributed by atoms with E-state index < -0.39 is 0 Å². The van der Waals surface area contributed by atoms with Crippen LogP contribution in [0.25, 0.3) is 0 Å². The lowest BCUT2D eigenvalue weighted by molar-refractivity contribution is -0.304. The highest BCUT2D eigenvalue weighted by Crippen LogP contribution is 2.43. The standard InChI is InChI=1S/C14H16O5/c1-15-14-12-11(18-12)10-9(17-14)7-16-13(19-10)8-5-3-2-4-6-8/h2-6,9-14H,7H2,1H3/t9-,10-,11+,12+,13?,14?/m1/s1. The maximum absolute atomic E-state index is 6.00. The van der Waals surface area contributed by atoms with Gasteiger partial charge in [0.1, 0.15) is 24.4 Å². The molecule has 19 heavy (non-hydrogen) atoms. The molecule has 3 saturated heterocycles. The number of methoxy groups -OCH3 is 1. The molecule has 0 aliphatic carbocycles. The van der Waals surface area contributed by atoms with E-state index in [2.05, 4.69) is 0 Å². The highest BCUT2D eigenvalue weighted by atomic mass is 16.8.